The number of hydrogen-bond donors (Lipinski definition) is 0. The maximum atomic E-state index is 12.4. The number of aryl methyl sites for hydroxylation is 1. The van der Waals surface area contributed by atoms with Gasteiger partial charge in [-0.1, -0.05) is 31.2 Å². The van der Waals surface area contributed by atoms with Gasteiger partial charge in [-0.25, -0.2) is 0 Å². The maximum absolute atomic E-state index is 12.4. The first-order chi connectivity index (χ1) is 13.7. The molecular weight excluding hydrogens is 438 g/mol. The number of halogens is 3. The lowest BCUT2D eigenvalue weighted by atomic mass is 10.1. The Hall–Kier alpha value is -2.21. The molecule has 0 atom stereocenters. The first kappa shape index (κ1) is 21.5. The largest absolute Gasteiger partial charge is 0.435 e. The van der Waals surface area contributed by atoms with E-state index in [-0.39, 0.29) is 22.7 Å². The number of nitrogens with zero attached hydrogens (tertiary/aromatic N) is 2. The van der Waals surface area contributed by atoms with E-state index in [1.807, 2.05) is 12.1 Å². The molecule has 1 aliphatic rings. The van der Waals surface area contributed by atoms with Crippen molar-refractivity contribution in [2.75, 3.05) is 0 Å². The predicted octanol–water partition coefficient (Wildman–Crippen LogP) is 6.04. The van der Waals surface area contributed by atoms with Crippen LogP contribution in [0.2, 0.25) is 0 Å². The summed E-state index contributed by atoms with van der Waals surface area (Å²) in [7, 11) is 0. The van der Waals surface area contributed by atoms with Crippen LogP contribution in [0.3, 0.4) is 0 Å². The summed E-state index contributed by atoms with van der Waals surface area (Å²) in [5.41, 5.74) is 5.85. The molecule has 0 aliphatic carbocycles. The first-order valence-corrected chi connectivity index (χ1v) is 9.94. The van der Waals surface area contributed by atoms with E-state index in [2.05, 4.69) is 51.4 Å². The summed E-state index contributed by atoms with van der Waals surface area (Å²) < 4.78 is 34.0. The van der Waals surface area contributed by atoms with Crippen LogP contribution in [0.1, 0.15) is 31.7 Å². The molecule has 154 valence electrons. The van der Waals surface area contributed by atoms with Crippen LogP contribution < -0.4 is 9.42 Å². The summed E-state index contributed by atoms with van der Waals surface area (Å²) in [5.74, 6) is 0.185. The molecule has 0 unspecified atom stereocenters. The fourth-order valence-corrected chi connectivity index (χ4v) is 3.90. The molecule has 0 spiro atoms. The second-order valence-corrected chi connectivity index (χ2v) is 7.18. The highest BCUT2D eigenvalue weighted by Gasteiger charge is 2.26. The lowest BCUT2D eigenvalue weighted by Crippen LogP contribution is -2.43. The van der Waals surface area contributed by atoms with Gasteiger partial charge in [0.1, 0.15) is 11.4 Å². The van der Waals surface area contributed by atoms with Crippen molar-refractivity contribution < 1.29 is 18.2 Å². The molecule has 0 fully saturated rings. The molecule has 2 aromatic carbocycles. The van der Waals surface area contributed by atoms with Gasteiger partial charge < -0.3 is 4.74 Å². The highest BCUT2D eigenvalue weighted by Crippen LogP contribution is 2.28. The minimum Gasteiger partial charge on any atom is -0.435 e. The third-order valence-corrected chi connectivity index (χ3v) is 5.39. The topological polar surface area (TPSA) is 18.0 Å². The second-order valence-electron chi connectivity index (χ2n) is 7.18. The summed E-state index contributed by atoms with van der Waals surface area (Å²) >= 11 is 0. The van der Waals surface area contributed by atoms with Crippen LogP contribution in [0.15, 0.2) is 54.6 Å². The van der Waals surface area contributed by atoms with Crippen LogP contribution in [0, 0.1) is 0 Å². The predicted molar refractivity (Wildman–Crippen MR) is 116 cm³/mol. The molecule has 0 radical (unpaired) electrons. The van der Waals surface area contributed by atoms with Crippen molar-refractivity contribution in [2.45, 2.75) is 52.3 Å². The molecule has 0 N–H and O–H groups in total. The van der Waals surface area contributed by atoms with Crippen LogP contribution in [0.25, 0.3) is 22.5 Å². The number of benzene rings is 2. The number of hydrogen-bond acceptors (Lipinski definition) is 1. The SMILES string of the molecule is Br.CCc1ccc(-c2cc(-c3ccc(OC(F)F)cc3)[n+]3n2CCCCC3)cc1. The molecular formula is C23H26BrF2N2O+. The summed E-state index contributed by atoms with van der Waals surface area (Å²) in [6.07, 6.45) is 4.54. The van der Waals surface area contributed by atoms with Crippen molar-refractivity contribution in [3.05, 3.63) is 60.2 Å². The Balaban J connectivity index is 0.00000240. The third kappa shape index (κ3) is 4.69. The average molecular weight is 464 g/mol. The zero-order valence-corrected chi connectivity index (χ0v) is 18.2. The van der Waals surface area contributed by atoms with E-state index in [1.165, 1.54) is 23.2 Å². The lowest BCUT2D eigenvalue weighted by molar-refractivity contribution is -0.763. The molecule has 0 amide bonds. The van der Waals surface area contributed by atoms with E-state index in [1.54, 1.807) is 12.1 Å². The van der Waals surface area contributed by atoms with E-state index in [0.717, 1.165) is 43.6 Å². The summed E-state index contributed by atoms with van der Waals surface area (Å²) in [6, 6.07) is 17.9. The molecule has 3 aromatic rings. The molecule has 2 heterocycles. The van der Waals surface area contributed by atoms with Crippen LogP contribution in [0.4, 0.5) is 8.78 Å². The van der Waals surface area contributed by atoms with Crippen molar-refractivity contribution in [2.24, 2.45) is 0 Å². The molecule has 29 heavy (non-hydrogen) atoms. The standard InChI is InChI=1S/C23H25F2N2O.BrH/c1-2-17-6-8-18(9-7-17)21-16-22(27-15-5-3-4-14-26(21)27)19-10-12-20(13-11-19)28-23(24)25;/h6-13,16,23H,2-5,14-15H2,1H3;1H/q+1;. The highest BCUT2D eigenvalue weighted by atomic mass is 79.9. The maximum Gasteiger partial charge on any atom is 0.387 e. The quantitative estimate of drug-likeness (QED) is 0.422. The molecule has 0 saturated heterocycles. The highest BCUT2D eigenvalue weighted by molar-refractivity contribution is 8.93. The minimum atomic E-state index is -2.80. The van der Waals surface area contributed by atoms with Crippen LogP contribution in [-0.2, 0) is 19.5 Å². The van der Waals surface area contributed by atoms with E-state index >= 15 is 0 Å². The van der Waals surface area contributed by atoms with Crippen molar-refractivity contribution in [3.63, 3.8) is 0 Å². The van der Waals surface area contributed by atoms with Gasteiger partial charge in [-0.15, -0.1) is 21.7 Å². The zero-order chi connectivity index (χ0) is 19.5. The number of rotatable bonds is 5. The van der Waals surface area contributed by atoms with Gasteiger partial charge in [0.2, 0.25) is 5.69 Å². The fourth-order valence-electron chi connectivity index (χ4n) is 3.90. The summed E-state index contributed by atoms with van der Waals surface area (Å²) in [4.78, 5) is 0. The van der Waals surface area contributed by atoms with Gasteiger partial charge in [-0.05, 0) is 49.1 Å². The Bertz CT molecular complexity index is 937. The number of alkyl halides is 2. The minimum absolute atomic E-state index is 0. The molecule has 4 rings (SSSR count). The van der Waals surface area contributed by atoms with Crippen LogP contribution in [-0.4, -0.2) is 11.3 Å². The van der Waals surface area contributed by atoms with Gasteiger partial charge in [0.15, 0.2) is 6.54 Å². The average Bonchev–Trinajstić information content (AvgIpc) is 2.89. The van der Waals surface area contributed by atoms with E-state index < -0.39 is 6.61 Å². The Morgan fingerprint density at radius 3 is 2.31 bits per heavy atom. The smallest absolute Gasteiger partial charge is 0.387 e. The molecule has 3 nitrogen and oxygen atoms in total. The second kappa shape index (κ2) is 9.53. The van der Waals surface area contributed by atoms with Crippen LogP contribution in [0.5, 0.6) is 5.75 Å². The van der Waals surface area contributed by atoms with Gasteiger partial charge in [0.05, 0.1) is 6.54 Å². The number of aromatic nitrogens is 2. The molecule has 1 aromatic heterocycles. The van der Waals surface area contributed by atoms with Gasteiger partial charge in [-0.3, -0.25) is 0 Å². The van der Waals surface area contributed by atoms with Crippen LogP contribution >= 0.6 is 17.0 Å². The summed E-state index contributed by atoms with van der Waals surface area (Å²) in [5, 5.41) is 0. The Labute approximate surface area is 180 Å². The van der Waals surface area contributed by atoms with E-state index in [0.29, 0.717) is 0 Å². The van der Waals surface area contributed by atoms with Crippen molar-refractivity contribution in [1.29, 1.82) is 0 Å². The van der Waals surface area contributed by atoms with Gasteiger partial charge >= 0.3 is 6.61 Å². The Morgan fingerprint density at radius 1 is 0.966 bits per heavy atom. The molecule has 1 aliphatic heterocycles. The normalized spacial score (nSPS) is 13.5. The van der Waals surface area contributed by atoms with E-state index in [4.69, 9.17) is 0 Å². The van der Waals surface area contributed by atoms with Crippen molar-refractivity contribution >= 4 is 17.0 Å². The monoisotopic (exact) mass is 463 g/mol. The van der Waals surface area contributed by atoms with Gasteiger partial charge in [-0.2, -0.15) is 13.5 Å². The van der Waals surface area contributed by atoms with Gasteiger partial charge in [0.25, 0.3) is 0 Å². The molecule has 0 bridgehead atoms. The van der Waals surface area contributed by atoms with Crippen molar-refractivity contribution in [1.82, 2.24) is 4.68 Å². The van der Waals surface area contributed by atoms with Gasteiger partial charge in [0, 0.05) is 23.6 Å². The Morgan fingerprint density at radius 2 is 1.66 bits per heavy atom. The fraction of sp³-hybridized carbons (Fsp3) is 0.348. The molecule has 6 heteroatoms. The lowest BCUT2D eigenvalue weighted by Gasteiger charge is -2.06. The zero-order valence-electron chi connectivity index (χ0n) is 16.5. The Kier molecular flexibility index (Phi) is 7.06. The summed E-state index contributed by atoms with van der Waals surface area (Å²) in [6.45, 7) is 1.30. The van der Waals surface area contributed by atoms with E-state index in [9.17, 15) is 8.78 Å². The number of fused-ring (bicyclic) bond motifs is 1. The molecule has 0 saturated carbocycles. The van der Waals surface area contributed by atoms with Crippen molar-refractivity contribution in [3.8, 4) is 28.3 Å². The third-order valence-electron chi connectivity index (χ3n) is 5.39. The first-order valence-electron chi connectivity index (χ1n) is 9.94. The number of ether oxygens (including phenoxy) is 1.